The molecule has 3 nitrogen and oxygen atoms in total. The number of hydrogen-bond acceptors (Lipinski definition) is 3. The van der Waals surface area contributed by atoms with Crippen molar-refractivity contribution in [2.24, 2.45) is 5.92 Å². The second kappa shape index (κ2) is 5.62. The molecule has 1 amide bonds. The molecule has 4 heteroatoms. The molecule has 1 aliphatic rings. The van der Waals surface area contributed by atoms with Crippen LogP contribution >= 0.6 is 11.3 Å². The van der Waals surface area contributed by atoms with E-state index in [9.17, 15) is 9.90 Å². The van der Waals surface area contributed by atoms with Gasteiger partial charge in [-0.2, -0.15) is 0 Å². The lowest BCUT2D eigenvalue weighted by Gasteiger charge is -2.27. The van der Waals surface area contributed by atoms with Crippen molar-refractivity contribution in [2.45, 2.75) is 25.4 Å². The first-order valence-corrected chi connectivity index (χ1v) is 8.09. The normalized spacial score (nSPS) is 17.2. The van der Waals surface area contributed by atoms with Gasteiger partial charge in [-0.1, -0.05) is 23.8 Å². The molecule has 1 atom stereocenters. The van der Waals surface area contributed by atoms with Gasteiger partial charge in [0.25, 0.3) is 5.91 Å². The van der Waals surface area contributed by atoms with Gasteiger partial charge >= 0.3 is 0 Å². The first-order chi connectivity index (χ1) is 10.1. The molecule has 1 fully saturated rings. The SMILES string of the molecule is Cc1cccc(C(=O)NCC(O)(c2cccs2)C2CC2)c1. The summed E-state index contributed by atoms with van der Waals surface area (Å²) in [7, 11) is 0. The van der Waals surface area contributed by atoms with Crippen LogP contribution in [0, 0.1) is 12.8 Å². The largest absolute Gasteiger partial charge is 0.382 e. The van der Waals surface area contributed by atoms with Gasteiger partial charge in [-0.05, 0) is 49.3 Å². The zero-order chi connectivity index (χ0) is 14.9. The minimum Gasteiger partial charge on any atom is -0.382 e. The van der Waals surface area contributed by atoms with E-state index in [4.69, 9.17) is 0 Å². The van der Waals surface area contributed by atoms with Crippen molar-refractivity contribution >= 4 is 17.2 Å². The Balaban J connectivity index is 1.72. The molecule has 3 rings (SSSR count). The van der Waals surface area contributed by atoms with Gasteiger partial charge in [0.2, 0.25) is 0 Å². The quantitative estimate of drug-likeness (QED) is 0.891. The molecular weight excluding hydrogens is 282 g/mol. The Morgan fingerprint density at radius 3 is 2.81 bits per heavy atom. The molecular formula is C17H19NO2S. The average molecular weight is 301 g/mol. The van der Waals surface area contributed by atoms with E-state index >= 15 is 0 Å². The summed E-state index contributed by atoms with van der Waals surface area (Å²) in [5.41, 5.74) is 0.769. The third-order valence-corrected chi connectivity index (χ3v) is 5.04. The van der Waals surface area contributed by atoms with E-state index in [1.807, 2.05) is 42.6 Å². The summed E-state index contributed by atoms with van der Waals surface area (Å²) in [4.78, 5) is 13.2. The van der Waals surface area contributed by atoms with E-state index in [2.05, 4.69) is 5.32 Å². The molecule has 0 saturated heterocycles. The lowest BCUT2D eigenvalue weighted by atomic mass is 9.95. The van der Waals surface area contributed by atoms with Crippen molar-refractivity contribution in [2.75, 3.05) is 6.54 Å². The highest BCUT2D eigenvalue weighted by molar-refractivity contribution is 7.10. The summed E-state index contributed by atoms with van der Waals surface area (Å²) in [6.07, 6.45) is 2.05. The molecule has 0 spiro atoms. The van der Waals surface area contributed by atoms with Crippen molar-refractivity contribution in [1.29, 1.82) is 0 Å². The Morgan fingerprint density at radius 2 is 2.19 bits per heavy atom. The van der Waals surface area contributed by atoms with E-state index in [1.165, 1.54) is 0 Å². The zero-order valence-electron chi connectivity index (χ0n) is 12.0. The number of hydrogen-bond donors (Lipinski definition) is 2. The summed E-state index contributed by atoms with van der Waals surface area (Å²) < 4.78 is 0. The first kappa shape index (κ1) is 14.3. The predicted molar refractivity (Wildman–Crippen MR) is 84.5 cm³/mol. The lowest BCUT2D eigenvalue weighted by molar-refractivity contribution is 0.0169. The van der Waals surface area contributed by atoms with Crippen LogP contribution in [0.2, 0.25) is 0 Å². The van der Waals surface area contributed by atoms with Crippen LogP contribution in [0.4, 0.5) is 0 Å². The maximum atomic E-state index is 12.2. The number of aryl methyl sites for hydroxylation is 1. The number of rotatable bonds is 5. The number of aliphatic hydroxyl groups is 1. The average Bonchev–Trinajstić information content (AvgIpc) is 3.19. The molecule has 0 aliphatic heterocycles. The maximum Gasteiger partial charge on any atom is 0.251 e. The number of carbonyl (C=O) groups excluding carboxylic acids is 1. The zero-order valence-corrected chi connectivity index (χ0v) is 12.8. The van der Waals surface area contributed by atoms with Crippen LogP contribution in [-0.4, -0.2) is 17.6 Å². The Bertz CT molecular complexity index is 634. The Hall–Kier alpha value is -1.65. The summed E-state index contributed by atoms with van der Waals surface area (Å²) in [6, 6.07) is 11.4. The van der Waals surface area contributed by atoms with Crippen molar-refractivity contribution < 1.29 is 9.90 Å². The summed E-state index contributed by atoms with van der Waals surface area (Å²) in [5.74, 6) is 0.128. The smallest absolute Gasteiger partial charge is 0.251 e. The first-order valence-electron chi connectivity index (χ1n) is 7.21. The van der Waals surface area contributed by atoms with Gasteiger partial charge in [0.1, 0.15) is 5.60 Å². The minimum atomic E-state index is -0.923. The van der Waals surface area contributed by atoms with Gasteiger partial charge in [-0.3, -0.25) is 4.79 Å². The van der Waals surface area contributed by atoms with E-state index in [1.54, 1.807) is 17.4 Å². The molecule has 1 heterocycles. The highest BCUT2D eigenvalue weighted by Crippen LogP contribution is 2.46. The number of nitrogens with one attached hydrogen (secondary N) is 1. The number of carbonyl (C=O) groups is 1. The van der Waals surface area contributed by atoms with Crippen LogP contribution in [0.25, 0.3) is 0 Å². The molecule has 2 aromatic rings. The molecule has 1 saturated carbocycles. The van der Waals surface area contributed by atoms with Gasteiger partial charge in [0, 0.05) is 10.4 Å². The third kappa shape index (κ3) is 3.01. The summed E-state index contributed by atoms with van der Waals surface area (Å²) >= 11 is 1.55. The van der Waals surface area contributed by atoms with Crippen molar-refractivity contribution in [3.63, 3.8) is 0 Å². The van der Waals surface area contributed by atoms with Gasteiger partial charge in [-0.15, -0.1) is 11.3 Å². The number of benzene rings is 1. The van der Waals surface area contributed by atoms with E-state index in [-0.39, 0.29) is 18.4 Å². The van der Waals surface area contributed by atoms with Crippen LogP contribution in [0.15, 0.2) is 41.8 Å². The van der Waals surface area contributed by atoms with E-state index < -0.39 is 5.60 Å². The molecule has 0 bridgehead atoms. The molecule has 1 aromatic carbocycles. The second-order valence-electron chi connectivity index (χ2n) is 5.73. The highest BCUT2D eigenvalue weighted by atomic mass is 32.1. The summed E-state index contributed by atoms with van der Waals surface area (Å²) in [6.45, 7) is 2.23. The van der Waals surface area contributed by atoms with Crippen molar-refractivity contribution in [3.05, 3.63) is 57.8 Å². The van der Waals surface area contributed by atoms with Crippen LogP contribution < -0.4 is 5.32 Å². The van der Waals surface area contributed by atoms with Crippen molar-refractivity contribution in [1.82, 2.24) is 5.32 Å². The molecule has 110 valence electrons. The highest BCUT2D eigenvalue weighted by Gasteiger charge is 2.45. The standard InChI is InChI=1S/C17H19NO2S/c1-12-4-2-5-13(10-12)16(19)18-11-17(20,14-7-8-14)15-6-3-9-21-15/h2-6,9-10,14,20H,7-8,11H2,1H3,(H,18,19). The lowest BCUT2D eigenvalue weighted by Crippen LogP contribution is -2.42. The van der Waals surface area contributed by atoms with Gasteiger partial charge in [-0.25, -0.2) is 0 Å². The topological polar surface area (TPSA) is 49.3 Å². The fourth-order valence-corrected chi connectivity index (χ4v) is 3.53. The monoisotopic (exact) mass is 301 g/mol. The van der Waals surface area contributed by atoms with E-state index in [0.717, 1.165) is 23.3 Å². The number of amides is 1. The second-order valence-corrected chi connectivity index (χ2v) is 6.68. The van der Waals surface area contributed by atoms with Crippen LogP contribution in [-0.2, 0) is 5.60 Å². The molecule has 1 aliphatic carbocycles. The fourth-order valence-electron chi connectivity index (χ4n) is 2.62. The summed E-state index contributed by atoms with van der Waals surface area (Å²) in [5, 5.41) is 15.8. The molecule has 0 radical (unpaired) electrons. The molecule has 1 aromatic heterocycles. The molecule has 2 N–H and O–H groups in total. The molecule has 1 unspecified atom stereocenters. The van der Waals surface area contributed by atoms with E-state index in [0.29, 0.717) is 5.56 Å². The fraction of sp³-hybridized carbons (Fsp3) is 0.353. The third-order valence-electron chi connectivity index (χ3n) is 4.00. The Morgan fingerprint density at radius 1 is 1.38 bits per heavy atom. The van der Waals surface area contributed by atoms with Gasteiger partial charge < -0.3 is 10.4 Å². The maximum absolute atomic E-state index is 12.2. The molecule has 21 heavy (non-hydrogen) atoms. The Labute approximate surface area is 128 Å². The Kier molecular flexibility index (Phi) is 3.83. The minimum absolute atomic E-state index is 0.130. The van der Waals surface area contributed by atoms with Crippen LogP contribution in [0.1, 0.15) is 33.6 Å². The van der Waals surface area contributed by atoms with Gasteiger partial charge in [0.05, 0.1) is 6.54 Å². The number of thiophene rings is 1. The van der Waals surface area contributed by atoms with Crippen LogP contribution in [0.5, 0.6) is 0 Å². The predicted octanol–water partition coefficient (Wildman–Crippen LogP) is 3.08. The van der Waals surface area contributed by atoms with Crippen molar-refractivity contribution in [3.8, 4) is 0 Å². The van der Waals surface area contributed by atoms with Gasteiger partial charge in [0.15, 0.2) is 0 Å². The van der Waals surface area contributed by atoms with Crippen LogP contribution in [0.3, 0.4) is 0 Å².